The van der Waals surface area contributed by atoms with E-state index < -0.39 is 12.0 Å². The number of hydrogen-bond donors (Lipinski definition) is 2. The molecule has 1 aromatic carbocycles. The Hall–Kier alpha value is -3.36. The fourth-order valence-corrected chi connectivity index (χ4v) is 2.56. The van der Waals surface area contributed by atoms with Crippen molar-refractivity contribution >= 4 is 28.9 Å². The maximum absolute atomic E-state index is 13.9. The van der Waals surface area contributed by atoms with Crippen LogP contribution in [0.25, 0.3) is 16.9 Å². The minimum absolute atomic E-state index is 0.0169. The Labute approximate surface area is 147 Å². The van der Waals surface area contributed by atoms with Crippen molar-refractivity contribution < 1.29 is 19.1 Å². The summed E-state index contributed by atoms with van der Waals surface area (Å²) in [4.78, 5) is 34.6. The summed E-state index contributed by atoms with van der Waals surface area (Å²) in [5.41, 5.74) is 1.69. The van der Waals surface area contributed by atoms with Gasteiger partial charge in [-0.1, -0.05) is 13.0 Å². The van der Waals surface area contributed by atoms with Crippen molar-refractivity contribution in [3.05, 3.63) is 41.7 Å². The first-order valence-corrected chi connectivity index (χ1v) is 7.95. The molecule has 3 rings (SSSR count). The molecule has 2 aromatic heterocycles. The van der Waals surface area contributed by atoms with Crippen LogP contribution in [0.2, 0.25) is 0 Å². The summed E-state index contributed by atoms with van der Waals surface area (Å²) in [6.45, 7) is 3.64. The number of carboxylic acid groups (broad SMARTS) is 1. The number of anilines is 1. The Bertz CT molecular complexity index is 1020. The van der Waals surface area contributed by atoms with Gasteiger partial charge in [0.05, 0.1) is 11.3 Å². The number of carbonyl (C=O) groups is 2. The molecule has 0 aliphatic rings. The van der Waals surface area contributed by atoms with Crippen LogP contribution in [0.5, 0.6) is 0 Å². The van der Waals surface area contributed by atoms with Gasteiger partial charge in [-0.15, -0.1) is 0 Å². The lowest BCUT2D eigenvalue weighted by Crippen LogP contribution is -2.13. The van der Waals surface area contributed by atoms with E-state index in [0.29, 0.717) is 12.1 Å². The Kier molecular flexibility index (Phi) is 4.61. The Balaban J connectivity index is 2.15. The van der Waals surface area contributed by atoms with E-state index in [-0.39, 0.29) is 34.9 Å². The molecule has 0 saturated heterocycles. The average molecular weight is 357 g/mol. The summed E-state index contributed by atoms with van der Waals surface area (Å²) in [6, 6.07) is 4.58. The number of nitrogens with zero attached hydrogens (tertiary/aromatic N) is 4. The third-order valence-corrected chi connectivity index (χ3v) is 3.82. The van der Waals surface area contributed by atoms with E-state index in [1.807, 2.05) is 6.92 Å². The van der Waals surface area contributed by atoms with Gasteiger partial charge in [0.25, 0.3) is 0 Å². The SMILES string of the molecule is CCCC(=O)Nc1nc(F)nc2c1ncn2-c1cc(C(=O)O)ccc1C. The van der Waals surface area contributed by atoms with Crippen LogP contribution in [0.15, 0.2) is 24.5 Å². The molecule has 0 radical (unpaired) electrons. The lowest BCUT2D eigenvalue weighted by molar-refractivity contribution is -0.116. The van der Waals surface area contributed by atoms with E-state index in [4.69, 9.17) is 0 Å². The number of imidazole rings is 1. The maximum Gasteiger partial charge on any atom is 0.335 e. The molecule has 0 fully saturated rings. The molecule has 0 aliphatic heterocycles. The van der Waals surface area contributed by atoms with Gasteiger partial charge in [0, 0.05) is 6.42 Å². The zero-order chi connectivity index (χ0) is 18.8. The smallest absolute Gasteiger partial charge is 0.335 e. The van der Waals surface area contributed by atoms with Gasteiger partial charge in [0.15, 0.2) is 17.0 Å². The topological polar surface area (TPSA) is 110 Å². The molecule has 2 heterocycles. The molecule has 26 heavy (non-hydrogen) atoms. The van der Waals surface area contributed by atoms with E-state index in [9.17, 15) is 19.1 Å². The van der Waals surface area contributed by atoms with Crippen LogP contribution in [-0.2, 0) is 4.79 Å². The predicted molar refractivity (Wildman–Crippen MR) is 91.9 cm³/mol. The van der Waals surface area contributed by atoms with Crippen molar-refractivity contribution in [2.75, 3.05) is 5.32 Å². The summed E-state index contributed by atoms with van der Waals surface area (Å²) < 4.78 is 15.4. The van der Waals surface area contributed by atoms with E-state index in [2.05, 4.69) is 20.3 Å². The van der Waals surface area contributed by atoms with E-state index >= 15 is 0 Å². The normalized spacial score (nSPS) is 10.9. The van der Waals surface area contributed by atoms with Gasteiger partial charge in [-0.2, -0.15) is 14.4 Å². The first-order chi connectivity index (χ1) is 12.4. The average Bonchev–Trinajstić information content (AvgIpc) is 2.99. The first kappa shape index (κ1) is 17.5. The van der Waals surface area contributed by atoms with Crippen molar-refractivity contribution in [3.8, 4) is 5.69 Å². The standard InChI is InChI=1S/C17H16FN5O3/c1-3-4-12(24)20-14-13-15(22-17(18)21-14)23(8-19-13)11-7-10(16(25)26)6-5-9(11)2/h5-8H,3-4H2,1-2H3,(H,25,26)(H,20,21,22,24). The van der Waals surface area contributed by atoms with Crippen molar-refractivity contribution in [1.82, 2.24) is 19.5 Å². The van der Waals surface area contributed by atoms with Gasteiger partial charge >= 0.3 is 12.0 Å². The third-order valence-electron chi connectivity index (χ3n) is 3.82. The van der Waals surface area contributed by atoms with Crippen LogP contribution in [0.3, 0.4) is 0 Å². The highest BCUT2D eigenvalue weighted by Crippen LogP contribution is 2.24. The second-order valence-electron chi connectivity index (χ2n) is 5.73. The molecule has 0 atom stereocenters. The van der Waals surface area contributed by atoms with Gasteiger partial charge in [-0.3, -0.25) is 9.36 Å². The number of halogens is 1. The molecular weight excluding hydrogens is 341 g/mol. The van der Waals surface area contributed by atoms with Gasteiger partial charge in [0.2, 0.25) is 5.91 Å². The molecule has 0 unspecified atom stereocenters. The summed E-state index contributed by atoms with van der Waals surface area (Å²) in [5.74, 6) is -1.40. The summed E-state index contributed by atoms with van der Waals surface area (Å²) in [6.07, 6.45) is 1.28. The number of carboxylic acids is 1. The highest BCUT2D eigenvalue weighted by Gasteiger charge is 2.17. The number of hydrogen-bond acceptors (Lipinski definition) is 5. The summed E-state index contributed by atoms with van der Waals surface area (Å²) >= 11 is 0. The van der Waals surface area contributed by atoms with Crippen molar-refractivity contribution in [1.29, 1.82) is 0 Å². The first-order valence-electron chi connectivity index (χ1n) is 7.95. The van der Waals surface area contributed by atoms with E-state index in [0.717, 1.165) is 5.56 Å². The number of fused-ring (bicyclic) bond motifs is 1. The third kappa shape index (κ3) is 3.23. The minimum Gasteiger partial charge on any atom is -0.478 e. The Morgan fingerprint density at radius 1 is 1.31 bits per heavy atom. The number of carbonyl (C=O) groups excluding carboxylic acids is 1. The molecule has 1 amide bonds. The quantitative estimate of drug-likeness (QED) is 0.679. The largest absolute Gasteiger partial charge is 0.478 e. The number of rotatable bonds is 5. The highest BCUT2D eigenvalue weighted by atomic mass is 19.1. The fourth-order valence-electron chi connectivity index (χ4n) is 2.56. The zero-order valence-corrected chi connectivity index (χ0v) is 14.2. The highest BCUT2D eigenvalue weighted by molar-refractivity contribution is 5.97. The molecule has 0 bridgehead atoms. The summed E-state index contributed by atoms with van der Waals surface area (Å²) in [7, 11) is 0. The van der Waals surface area contributed by atoms with Gasteiger partial charge < -0.3 is 10.4 Å². The molecule has 0 spiro atoms. The van der Waals surface area contributed by atoms with E-state index in [1.54, 1.807) is 13.0 Å². The second-order valence-corrected chi connectivity index (χ2v) is 5.73. The maximum atomic E-state index is 13.9. The molecule has 0 saturated carbocycles. The van der Waals surface area contributed by atoms with Gasteiger partial charge in [-0.25, -0.2) is 9.78 Å². The summed E-state index contributed by atoms with van der Waals surface area (Å²) in [5, 5.41) is 11.7. The van der Waals surface area contributed by atoms with Crippen LogP contribution in [0, 0.1) is 13.0 Å². The fraction of sp³-hybridized carbons (Fsp3) is 0.235. The molecule has 8 nitrogen and oxygen atoms in total. The lowest BCUT2D eigenvalue weighted by Gasteiger charge is -2.09. The lowest BCUT2D eigenvalue weighted by atomic mass is 10.1. The molecule has 2 N–H and O–H groups in total. The van der Waals surface area contributed by atoms with Crippen molar-refractivity contribution in [2.24, 2.45) is 0 Å². The number of benzene rings is 1. The molecular formula is C17H16FN5O3. The second kappa shape index (κ2) is 6.87. The van der Waals surface area contributed by atoms with E-state index in [1.165, 1.54) is 23.0 Å². The van der Waals surface area contributed by atoms with Crippen LogP contribution in [0.1, 0.15) is 35.7 Å². The van der Waals surface area contributed by atoms with Crippen molar-refractivity contribution in [2.45, 2.75) is 26.7 Å². The molecule has 3 aromatic rings. The Morgan fingerprint density at radius 3 is 2.77 bits per heavy atom. The predicted octanol–water partition coefficient (Wildman–Crippen LogP) is 2.70. The van der Waals surface area contributed by atoms with Crippen LogP contribution in [-0.4, -0.2) is 36.5 Å². The number of nitrogens with one attached hydrogen (secondary N) is 1. The van der Waals surface area contributed by atoms with Gasteiger partial charge in [-0.05, 0) is 31.0 Å². The molecule has 9 heteroatoms. The molecule has 134 valence electrons. The zero-order valence-electron chi connectivity index (χ0n) is 14.2. The van der Waals surface area contributed by atoms with Crippen LogP contribution in [0.4, 0.5) is 10.2 Å². The number of aromatic carboxylic acids is 1. The number of aromatic nitrogens is 4. The van der Waals surface area contributed by atoms with Crippen molar-refractivity contribution in [3.63, 3.8) is 0 Å². The minimum atomic E-state index is -1.08. The monoisotopic (exact) mass is 357 g/mol. The number of aryl methyl sites for hydroxylation is 1. The van der Waals surface area contributed by atoms with Crippen LogP contribution < -0.4 is 5.32 Å². The van der Waals surface area contributed by atoms with Crippen LogP contribution >= 0.6 is 0 Å². The Morgan fingerprint density at radius 2 is 2.08 bits per heavy atom. The molecule has 0 aliphatic carbocycles. The number of amides is 1. The van der Waals surface area contributed by atoms with Gasteiger partial charge in [0.1, 0.15) is 6.33 Å².